The van der Waals surface area contributed by atoms with Gasteiger partial charge >= 0.3 is 0 Å². The number of benzene rings is 1. The van der Waals surface area contributed by atoms with Crippen LogP contribution in [0.15, 0.2) is 28.8 Å². The van der Waals surface area contributed by atoms with Gasteiger partial charge in [-0.15, -0.1) is 0 Å². The number of hydrogen-bond acceptors (Lipinski definition) is 5. The second kappa shape index (κ2) is 9.14. The molecule has 2 aromatic rings. The molecule has 7 heteroatoms. The van der Waals surface area contributed by atoms with Crippen molar-refractivity contribution in [2.24, 2.45) is 5.92 Å². The van der Waals surface area contributed by atoms with Gasteiger partial charge in [0.1, 0.15) is 0 Å². The smallest absolute Gasteiger partial charge is 0.240 e. The Bertz CT molecular complexity index is 734. The number of aryl methyl sites for hydroxylation is 1. The van der Waals surface area contributed by atoms with Crippen LogP contribution in [-0.4, -0.2) is 34.0 Å². The molecule has 0 radical (unpaired) electrons. The minimum atomic E-state index is 0.0783. The Hall–Kier alpha value is -1.92. The zero-order valence-electron chi connectivity index (χ0n) is 15.1. The van der Waals surface area contributed by atoms with E-state index in [9.17, 15) is 4.79 Å². The van der Waals surface area contributed by atoms with Crippen molar-refractivity contribution in [1.29, 1.82) is 0 Å². The van der Waals surface area contributed by atoms with Gasteiger partial charge in [0.15, 0.2) is 5.82 Å². The van der Waals surface area contributed by atoms with Gasteiger partial charge in [0.05, 0.1) is 6.54 Å². The second-order valence-corrected chi connectivity index (χ2v) is 7.29. The van der Waals surface area contributed by atoms with E-state index in [0.29, 0.717) is 42.2 Å². The number of rotatable bonds is 7. The van der Waals surface area contributed by atoms with Crippen LogP contribution < -0.4 is 5.32 Å². The summed E-state index contributed by atoms with van der Waals surface area (Å²) in [7, 11) is 0. The Kier molecular flexibility index (Phi) is 6.63. The van der Waals surface area contributed by atoms with Gasteiger partial charge in [-0.05, 0) is 50.3 Å². The maximum absolute atomic E-state index is 12.1. The number of carbonyl (C=O) groups is 1. The van der Waals surface area contributed by atoms with Crippen LogP contribution in [0.2, 0.25) is 5.02 Å². The third-order valence-electron chi connectivity index (χ3n) is 4.75. The second-order valence-electron chi connectivity index (χ2n) is 6.89. The van der Waals surface area contributed by atoms with Crippen LogP contribution in [0, 0.1) is 12.8 Å². The largest absolute Gasteiger partial charge is 0.352 e. The molecular formula is C19H25ClN4O2. The standard InChI is InChI=1S/C19H25ClN4O2/c1-14-22-19(26-23-14)13-24-10-4-5-15(12-24)8-9-18(25)21-11-16-6-2-3-7-17(16)20/h2-3,6-7,15H,4-5,8-13H2,1H3,(H,21,25)/t15-/m1/s1. The number of piperidine rings is 1. The van der Waals surface area contributed by atoms with Crippen molar-refractivity contribution in [2.75, 3.05) is 13.1 Å². The molecular weight excluding hydrogens is 352 g/mol. The molecule has 1 N–H and O–H groups in total. The predicted molar refractivity (Wildman–Crippen MR) is 99.6 cm³/mol. The van der Waals surface area contributed by atoms with Crippen LogP contribution in [0.25, 0.3) is 0 Å². The Morgan fingerprint density at radius 2 is 2.27 bits per heavy atom. The molecule has 1 fully saturated rings. The molecule has 1 aliphatic rings. The molecule has 0 bridgehead atoms. The summed E-state index contributed by atoms with van der Waals surface area (Å²) < 4.78 is 5.21. The Labute approximate surface area is 158 Å². The first-order valence-corrected chi connectivity index (χ1v) is 9.49. The molecule has 26 heavy (non-hydrogen) atoms. The fourth-order valence-corrected chi connectivity index (χ4v) is 3.59. The number of aromatic nitrogens is 2. The van der Waals surface area contributed by atoms with Gasteiger partial charge in [-0.1, -0.05) is 35.0 Å². The third-order valence-corrected chi connectivity index (χ3v) is 5.11. The quantitative estimate of drug-likeness (QED) is 0.802. The zero-order chi connectivity index (χ0) is 18.4. The summed E-state index contributed by atoms with van der Waals surface area (Å²) >= 11 is 6.12. The molecule has 1 amide bonds. The monoisotopic (exact) mass is 376 g/mol. The highest BCUT2D eigenvalue weighted by molar-refractivity contribution is 6.31. The number of carbonyl (C=O) groups excluding carboxylic acids is 1. The molecule has 1 atom stereocenters. The molecule has 1 aromatic heterocycles. The van der Waals surface area contributed by atoms with Gasteiger partial charge in [0.25, 0.3) is 0 Å². The molecule has 0 aliphatic carbocycles. The molecule has 0 unspecified atom stereocenters. The average molecular weight is 377 g/mol. The van der Waals surface area contributed by atoms with Gasteiger partial charge in [0.2, 0.25) is 11.8 Å². The Balaban J connectivity index is 1.39. The van der Waals surface area contributed by atoms with Gasteiger partial charge in [-0.2, -0.15) is 4.98 Å². The summed E-state index contributed by atoms with van der Waals surface area (Å²) in [5, 5.41) is 7.49. The highest BCUT2D eigenvalue weighted by atomic mass is 35.5. The fourth-order valence-electron chi connectivity index (χ4n) is 3.39. The van der Waals surface area contributed by atoms with Crippen LogP contribution in [0.3, 0.4) is 0 Å². The van der Waals surface area contributed by atoms with E-state index in [2.05, 4.69) is 20.4 Å². The van der Waals surface area contributed by atoms with E-state index in [-0.39, 0.29) is 5.91 Å². The first-order valence-electron chi connectivity index (χ1n) is 9.12. The third kappa shape index (κ3) is 5.54. The number of hydrogen-bond donors (Lipinski definition) is 1. The maximum Gasteiger partial charge on any atom is 0.240 e. The number of likely N-dealkylation sites (tertiary alicyclic amines) is 1. The maximum atomic E-state index is 12.1. The molecule has 3 rings (SSSR count). The summed E-state index contributed by atoms with van der Waals surface area (Å²) in [6.45, 7) is 5.00. The molecule has 1 aliphatic heterocycles. The molecule has 140 valence electrons. The van der Waals surface area contributed by atoms with Crippen LogP contribution in [0.1, 0.15) is 43.0 Å². The van der Waals surface area contributed by atoms with Gasteiger partial charge < -0.3 is 9.84 Å². The van der Waals surface area contributed by atoms with Crippen LogP contribution >= 0.6 is 11.6 Å². The van der Waals surface area contributed by atoms with Crippen LogP contribution in [0.4, 0.5) is 0 Å². The average Bonchev–Trinajstić information content (AvgIpc) is 3.04. The summed E-state index contributed by atoms with van der Waals surface area (Å²) in [6, 6.07) is 7.58. The summed E-state index contributed by atoms with van der Waals surface area (Å²) in [6.07, 6.45) is 3.74. The van der Waals surface area contributed by atoms with Crippen molar-refractivity contribution < 1.29 is 9.32 Å². The number of amides is 1. The SMILES string of the molecule is Cc1noc(CN2CCC[C@H](CCC(=O)NCc3ccccc3Cl)C2)n1. The van der Waals surface area contributed by atoms with E-state index in [4.69, 9.17) is 16.1 Å². The van der Waals surface area contributed by atoms with Crippen LogP contribution in [-0.2, 0) is 17.9 Å². The van der Waals surface area contributed by atoms with E-state index in [0.717, 1.165) is 37.9 Å². The van der Waals surface area contributed by atoms with Crippen molar-refractivity contribution in [1.82, 2.24) is 20.4 Å². The molecule has 1 aromatic carbocycles. The first kappa shape index (κ1) is 18.9. The zero-order valence-corrected chi connectivity index (χ0v) is 15.8. The Morgan fingerprint density at radius 3 is 3.04 bits per heavy atom. The predicted octanol–water partition coefficient (Wildman–Crippen LogP) is 3.34. The lowest BCUT2D eigenvalue weighted by atomic mass is 9.93. The van der Waals surface area contributed by atoms with E-state index in [1.165, 1.54) is 0 Å². The van der Waals surface area contributed by atoms with Gasteiger partial charge in [-0.25, -0.2) is 0 Å². The molecule has 0 saturated carbocycles. The van der Waals surface area contributed by atoms with Crippen molar-refractivity contribution in [3.05, 3.63) is 46.6 Å². The highest BCUT2D eigenvalue weighted by Crippen LogP contribution is 2.22. The molecule has 6 nitrogen and oxygen atoms in total. The number of halogens is 1. The van der Waals surface area contributed by atoms with E-state index in [1.807, 2.05) is 31.2 Å². The number of nitrogens with zero attached hydrogens (tertiary/aromatic N) is 3. The lowest BCUT2D eigenvalue weighted by Gasteiger charge is -2.31. The summed E-state index contributed by atoms with van der Waals surface area (Å²) in [4.78, 5) is 18.8. The fraction of sp³-hybridized carbons (Fsp3) is 0.526. The van der Waals surface area contributed by atoms with Crippen molar-refractivity contribution in [3.8, 4) is 0 Å². The van der Waals surface area contributed by atoms with E-state index < -0.39 is 0 Å². The summed E-state index contributed by atoms with van der Waals surface area (Å²) in [5.41, 5.74) is 0.946. The molecule has 2 heterocycles. The minimum absolute atomic E-state index is 0.0783. The number of nitrogens with one attached hydrogen (secondary N) is 1. The van der Waals surface area contributed by atoms with E-state index >= 15 is 0 Å². The molecule has 0 spiro atoms. The van der Waals surface area contributed by atoms with Crippen molar-refractivity contribution in [3.63, 3.8) is 0 Å². The normalized spacial score (nSPS) is 18.0. The topological polar surface area (TPSA) is 71.3 Å². The lowest BCUT2D eigenvalue weighted by Crippen LogP contribution is -2.35. The molecule has 1 saturated heterocycles. The summed E-state index contributed by atoms with van der Waals surface area (Å²) in [5.74, 6) is 1.94. The first-order chi connectivity index (χ1) is 12.6. The van der Waals surface area contributed by atoms with Crippen molar-refractivity contribution >= 4 is 17.5 Å². The van der Waals surface area contributed by atoms with Gasteiger partial charge in [0, 0.05) is 24.5 Å². The highest BCUT2D eigenvalue weighted by Gasteiger charge is 2.22. The van der Waals surface area contributed by atoms with Crippen LogP contribution in [0.5, 0.6) is 0 Å². The Morgan fingerprint density at radius 1 is 1.42 bits per heavy atom. The minimum Gasteiger partial charge on any atom is -0.352 e. The lowest BCUT2D eigenvalue weighted by molar-refractivity contribution is -0.121. The van der Waals surface area contributed by atoms with Gasteiger partial charge in [-0.3, -0.25) is 9.69 Å². The van der Waals surface area contributed by atoms with E-state index in [1.54, 1.807) is 0 Å². The van der Waals surface area contributed by atoms with Crippen molar-refractivity contribution in [2.45, 2.75) is 45.7 Å².